The molecule has 0 bridgehead atoms. The number of rotatable bonds is 0. The van der Waals surface area contributed by atoms with E-state index in [4.69, 9.17) is 30.3 Å². The Morgan fingerprint density at radius 3 is 1.22 bits per heavy atom. The number of nitrogens with zero attached hydrogens (tertiary/aromatic N) is 1. The maximum atomic E-state index is 8.33. The van der Waals surface area contributed by atoms with Gasteiger partial charge in [-0.15, -0.1) is 0 Å². The van der Waals surface area contributed by atoms with Crippen LogP contribution in [0.3, 0.4) is 0 Å². The van der Waals surface area contributed by atoms with E-state index in [0.29, 0.717) is 0 Å². The molecule has 8 heteroatoms. The van der Waals surface area contributed by atoms with E-state index in [-0.39, 0.29) is 17.4 Å². The Morgan fingerprint density at radius 1 is 1.22 bits per heavy atom. The summed E-state index contributed by atoms with van der Waals surface area (Å²) >= 11 is 0. The molecule has 0 aliphatic heterocycles. The summed E-state index contributed by atoms with van der Waals surface area (Å²) in [7, 11) is 0. The number of hydrogen-bond donors (Lipinski definition) is 0. The molecule has 0 aromatic carbocycles. The van der Waals surface area contributed by atoms with Crippen LogP contribution in [-0.2, 0) is 0 Å². The van der Waals surface area contributed by atoms with E-state index < -0.39 is 11.2 Å². The zero-order valence-corrected chi connectivity index (χ0v) is 5.13. The molecule has 0 fully saturated rings. The van der Waals surface area contributed by atoms with Crippen LogP contribution in [0.4, 0.5) is 4.79 Å². The Hall–Kier alpha value is -0.998. The molecule has 0 heterocycles. The maximum absolute atomic E-state index is 8.33. The SMILES string of the molecule is O=C([O-])[O-].O=[N+]([O-])[O-].[Al+3]. The van der Waals surface area contributed by atoms with Crippen LogP contribution in [0.1, 0.15) is 0 Å². The van der Waals surface area contributed by atoms with Gasteiger partial charge in [-0.1, -0.05) is 0 Å². The van der Waals surface area contributed by atoms with Gasteiger partial charge in [0.1, 0.15) is 0 Å². The molecular weight excluding hydrogens is 149 g/mol. The van der Waals surface area contributed by atoms with Crippen LogP contribution in [0.5, 0.6) is 0 Å². The minimum Gasteiger partial charge on any atom is -0.652 e. The van der Waals surface area contributed by atoms with E-state index in [0.717, 1.165) is 0 Å². The van der Waals surface area contributed by atoms with Gasteiger partial charge in [-0.05, 0) is 6.16 Å². The van der Waals surface area contributed by atoms with Gasteiger partial charge in [0.05, 0.1) is 5.09 Å². The fourth-order valence-corrected chi connectivity index (χ4v) is 0. The summed E-state index contributed by atoms with van der Waals surface area (Å²) in [6.07, 6.45) is -2.33. The first kappa shape index (κ1) is 15.7. The minimum absolute atomic E-state index is 0. The van der Waals surface area contributed by atoms with Crippen molar-refractivity contribution in [1.29, 1.82) is 0 Å². The summed E-state index contributed by atoms with van der Waals surface area (Å²) in [6.45, 7) is 0. The second kappa shape index (κ2) is 10.1. The summed E-state index contributed by atoms with van der Waals surface area (Å²) in [6, 6.07) is 0. The molecule has 48 valence electrons. The molecule has 0 saturated heterocycles. The van der Waals surface area contributed by atoms with Gasteiger partial charge in [0, 0.05) is 0 Å². The molecule has 0 aliphatic rings. The van der Waals surface area contributed by atoms with Crippen molar-refractivity contribution < 1.29 is 20.1 Å². The van der Waals surface area contributed by atoms with Crippen LogP contribution < -0.4 is 10.2 Å². The van der Waals surface area contributed by atoms with Crippen molar-refractivity contribution in [2.75, 3.05) is 0 Å². The van der Waals surface area contributed by atoms with Crippen molar-refractivity contribution in [1.82, 2.24) is 0 Å². The quantitative estimate of drug-likeness (QED) is 0.204. The van der Waals surface area contributed by atoms with E-state index in [1.807, 2.05) is 0 Å². The molecule has 0 amide bonds. The van der Waals surface area contributed by atoms with Gasteiger partial charge in [0.2, 0.25) is 0 Å². The monoisotopic (exact) mass is 149 g/mol. The van der Waals surface area contributed by atoms with Crippen LogP contribution in [0.25, 0.3) is 0 Å². The van der Waals surface area contributed by atoms with E-state index >= 15 is 0 Å². The first-order valence-electron chi connectivity index (χ1n) is 1.16. The van der Waals surface area contributed by atoms with Gasteiger partial charge in [-0.25, -0.2) is 0 Å². The topological polar surface area (TPSA) is 129 Å². The molecule has 0 aliphatic carbocycles. The molecule has 0 saturated carbocycles. The third-order valence-electron chi connectivity index (χ3n) is 0. The predicted octanol–water partition coefficient (Wildman–Crippen LogP) is -3.07. The van der Waals surface area contributed by atoms with Crippen LogP contribution in [0.2, 0.25) is 0 Å². The smallest absolute Gasteiger partial charge is 0.652 e. The molecule has 7 nitrogen and oxygen atoms in total. The molecule has 0 aromatic rings. The van der Waals surface area contributed by atoms with E-state index in [9.17, 15) is 0 Å². The average molecular weight is 149 g/mol. The fourth-order valence-electron chi connectivity index (χ4n) is 0. The Labute approximate surface area is 59.8 Å². The molecule has 0 aromatic heterocycles. The van der Waals surface area contributed by atoms with Gasteiger partial charge < -0.3 is 30.3 Å². The summed E-state index contributed by atoms with van der Waals surface area (Å²) < 4.78 is 0. The van der Waals surface area contributed by atoms with Gasteiger partial charge in [-0.3, -0.25) is 0 Å². The van der Waals surface area contributed by atoms with Crippen LogP contribution in [0, 0.1) is 15.3 Å². The average Bonchev–Trinajstić information content (AvgIpc) is 1.25. The van der Waals surface area contributed by atoms with Crippen molar-refractivity contribution in [3.63, 3.8) is 0 Å². The number of hydrogen-bond acceptors (Lipinski definition) is 6. The summed E-state index contributed by atoms with van der Waals surface area (Å²) in [5.74, 6) is 0. The Morgan fingerprint density at radius 2 is 1.22 bits per heavy atom. The molecule has 0 radical (unpaired) electrons. The maximum Gasteiger partial charge on any atom is 3.00 e. The van der Waals surface area contributed by atoms with Crippen molar-refractivity contribution in [3.05, 3.63) is 15.3 Å². The molecular formula is CAlNO6. The third kappa shape index (κ3) is 176. The van der Waals surface area contributed by atoms with Gasteiger partial charge >= 0.3 is 17.4 Å². The first-order valence-corrected chi connectivity index (χ1v) is 1.16. The Balaban J connectivity index is -0.0000000720. The van der Waals surface area contributed by atoms with Gasteiger partial charge in [0.25, 0.3) is 0 Å². The van der Waals surface area contributed by atoms with Crippen molar-refractivity contribution in [2.45, 2.75) is 0 Å². The second-order valence-corrected chi connectivity index (χ2v) is 0.474. The minimum atomic E-state index is -2.33. The summed E-state index contributed by atoms with van der Waals surface area (Å²) in [4.78, 5) is 16.6. The van der Waals surface area contributed by atoms with Crippen LogP contribution in [-0.4, -0.2) is 28.6 Å². The zero-order chi connectivity index (χ0) is 7.15. The normalized spacial score (nSPS) is 5.33. The Bertz CT molecular complexity index is 71.1. The second-order valence-electron chi connectivity index (χ2n) is 0.474. The van der Waals surface area contributed by atoms with Gasteiger partial charge in [-0.2, -0.15) is 0 Å². The van der Waals surface area contributed by atoms with E-state index in [2.05, 4.69) is 0 Å². The number of carboxylic acid groups (broad SMARTS) is 2. The molecule has 9 heavy (non-hydrogen) atoms. The van der Waals surface area contributed by atoms with Crippen LogP contribution >= 0.6 is 0 Å². The molecule has 0 N–H and O–H groups in total. The van der Waals surface area contributed by atoms with Crippen LogP contribution in [0.15, 0.2) is 0 Å². The van der Waals surface area contributed by atoms with Crippen molar-refractivity contribution in [2.24, 2.45) is 0 Å². The molecule has 0 rings (SSSR count). The molecule has 0 atom stereocenters. The Kier molecular flexibility index (Phi) is 17.6. The third-order valence-corrected chi connectivity index (χ3v) is 0. The zero-order valence-electron chi connectivity index (χ0n) is 3.97. The van der Waals surface area contributed by atoms with Gasteiger partial charge in [0.15, 0.2) is 0 Å². The standard InChI is InChI=1S/CH2O3.Al.NO3/c2-1(3)4;;2-1(3)4/h(H2,2,3,4);;/q;+3;-1/p-2. The van der Waals surface area contributed by atoms with Crippen molar-refractivity contribution >= 4 is 23.5 Å². The fraction of sp³-hybridized carbons (Fsp3) is 0. The summed E-state index contributed by atoms with van der Waals surface area (Å²) in [5, 5.41) is 31.4. The van der Waals surface area contributed by atoms with Crippen molar-refractivity contribution in [3.8, 4) is 0 Å². The molecule has 0 unspecified atom stereocenters. The predicted molar refractivity (Wildman–Crippen MR) is 21.5 cm³/mol. The number of carbonyl (C=O) groups excluding carboxylic acids is 1. The first-order chi connectivity index (χ1) is 3.46. The largest absolute Gasteiger partial charge is 3.00 e. The van der Waals surface area contributed by atoms with E-state index in [1.54, 1.807) is 0 Å². The summed E-state index contributed by atoms with van der Waals surface area (Å²) in [5.41, 5.74) is 0. The molecule has 0 spiro atoms. The van der Waals surface area contributed by atoms with E-state index in [1.165, 1.54) is 0 Å². The number of carbonyl (C=O) groups is 1.